The minimum absolute atomic E-state index is 0.0457. The number of piperidine rings is 1. The second-order valence-electron chi connectivity index (χ2n) is 6.89. The molecule has 1 saturated heterocycles. The zero-order chi connectivity index (χ0) is 18.8. The van der Waals surface area contributed by atoms with E-state index in [2.05, 4.69) is 16.4 Å². The summed E-state index contributed by atoms with van der Waals surface area (Å²) in [7, 11) is 0. The van der Waals surface area contributed by atoms with Gasteiger partial charge in [0.05, 0.1) is 4.88 Å². The second kappa shape index (κ2) is 7.52. The highest BCUT2D eigenvalue weighted by Gasteiger charge is 2.23. The maximum Gasteiger partial charge on any atom is 0.261 e. The molecule has 3 aromatic rings. The molecule has 27 heavy (non-hydrogen) atoms. The molecule has 1 aliphatic rings. The molecule has 1 N–H and O–H groups in total. The van der Waals surface area contributed by atoms with Gasteiger partial charge in [0.25, 0.3) is 5.91 Å². The molecule has 2 amide bonds. The first-order valence-electron chi connectivity index (χ1n) is 9.15. The van der Waals surface area contributed by atoms with E-state index in [0.29, 0.717) is 12.5 Å². The molecule has 0 bridgehead atoms. The van der Waals surface area contributed by atoms with Crippen LogP contribution in [0.4, 0.5) is 0 Å². The monoisotopic (exact) mass is 382 g/mol. The van der Waals surface area contributed by atoms with E-state index in [1.807, 2.05) is 39.9 Å². The third-order valence-corrected chi connectivity index (χ3v) is 6.36. The Balaban J connectivity index is 1.35. The number of nitrogens with one attached hydrogen (secondary N) is 1. The lowest BCUT2D eigenvalue weighted by atomic mass is 9.95. The minimum atomic E-state index is -0.0457. The maximum atomic E-state index is 12.5. The van der Waals surface area contributed by atoms with Gasteiger partial charge in [-0.05, 0) is 48.6 Å². The third kappa shape index (κ3) is 3.88. The zero-order valence-corrected chi connectivity index (χ0v) is 16.0. The summed E-state index contributed by atoms with van der Waals surface area (Å²) in [5.41, 5.74) is 1.90. The van der Waals surface area contributed by atoms with Crippen molar-refractivity contribution in [1.82, 2.24) is 19.6 Å². The summed E-state index contributed by atoms with van der Waals surface area (Å²) in [6, 6.07) is 7.93. The predicted molar refractivity (Wildman–Crippen MR) is 105 cm³/mol. The number of hydrogen-bond donors (Lipinski definition) is 1. The minimum Gasteiger partial charge on any atom is -0.347 e. The lowest BCUT2D eigenvalue weighted by Gasteiger charge is -2.30. The predicted octanol–water partition coefficient (Wildman–Crippen LogP) is 3.05. The Bertz CT molecular complexity index is 969. The van der Waals surface area contributed by atoms with Crippen molar-refractivity contribution in [2.24, 2.45) is 0 Å². The van der Waals surface area contributed by atoms with Crippen LogP contribution in [-0.2, 0) is 11.3 Å². The fourth-order valence-electron chi connectivity index (χ4n) is 3.50. The van der Waals surface area contributed by atoms with Crippen LogP contribution in [-0.4, -0.2) is 39.2 Å². The molecule has 0 atom stereocenters. The van der Waals surface area contributed by atoms with Gasteiger partial charge >= 0.3 is 0 Å². The van der Waals surface area contributed by atoms with E-state index in [4.69, 9.17) is 0 Å². The highest BCUT2D eigenvalue weighted by molar-refractivity contribution is 7.14. The standard InChI is InChI=1S/C20H22N4O2S/c1-14(25)23-9-5-16(6-10-23)17-2-3-18(27-17)20(26)22-13-15-4-8-24-11-7-21-19(24)12-15/h2-4,7-8,11-12,16H,5-6,9-10,13H2,1H3,(H,22,26). The largest absolute Gasteiger partial charge is 0.347 e. The van der Waals surface area contributed by atoms with E-state index in [1.165, 1.54) is 4.88 Å². The van der Waals surface area contributed by atoms with Crippen LogP contribution in [0.1, 0.15) is 45.8 Å². The molecular formula is C20H22N4O2S. The summed E-state index contributed by atoms with van der Waals surface area (Å²) in [6.07, 6.45) is 7.52. The first-order chi connectivity index (χ1) is 13.1. The topological polar surface area (TPSA) is 66.7 Å². The molecular weight excluding hydrogens is 360 g/mol. The summed E-state index contributed by atoms with van der Waals surface area (Å²) >= 11 is 1.56. The number of fused-ring (bicyclic) bond motifs is 1. The number of imidazole rings is 1. The number of hydrogen-bond acceptors (Lipinski definition) is 4. The van der Waals surface area contributed by atoms with E-state index in [-0.39, 0.29) is 11.8 Å². The van der Waals surface area contributed by atoms with Crippen molar-refractivity contribution < 1.29 is 9.59 Å². The maximum absolute atomic E-state index is 12.5. The number of nitrogens with zero attached hydrogens (tertiary/aromatic N) is 3. The Morgan fingerprint density at radius 1 is 1.22 bits per heavy atom. The summed E-state index contributed by atoms with van der Waals surface area (Å²) in [5, 5.41) is 2.99. The van der Waals surface area contributed by atoms with Gasteiger partial charge in [0, 0.05) is 50.0 Å². The Hall–Kier alpha value is -2.67. The molecule has 0 unspecified atom stereocenters. The van der Waals surface area contributed by atoms with Crippen LogP contribution in [0.15, 0.2) is 42.9 Å². The SMILES string of the molecule is CC(=O)N1CCC(c2ccc(C(=O)NCc3ccn4ccnc4c3)s2)CC1. The number of likely N-dealkylation sites (tertiary alicyclic amines) is 1. The van der Waals surface area contributed by atoms with E-state index >= 15 is 0 Å². The number of amides is 2. The van der Waals surface area contributed by atoms with Crippen LogP contribution >= 0.6 is 11.3 Å². The molecule has 140 valence electrons. The summed E-state index contributed by atoms with van der Waals surface area (Å²) < 4.78 is 1.94. The van der Waals surface area contributed by atoms with Gasteiger partial charge in [-0.3, -0.25) is 9.59 Å². The Labute approximate surface area is 161 Å². The normalized spacial score (nSPS) is 15.2. The van der Waals surface area contributed by atoms with Crippen molar-refractivity contribution >= 4 is 28.8 Å². The molecule has 7 heteroatoms. The van der Waals surface area contributed by atoms with E-state index in [1.54, 1.807) is 24.5 Å². The van der Waals surface area contributed by atoms with E-state index in [9.17, 15) is 9.59 Å². The van der Waals surface area contributed by atoms with Gasteiger partial charge in [-0.15, -0.1) is 11.3 Å². The van der Waals surface area contributed by atoms with Gasteiger partial charge in [-0.2, -0.15) is 0 Å². The molecule has 1 aliphatic heterocycles. The number of carbonyl (C=O) groups is 2. The first kappa shape index (κ1) is 17.7. The molecule has 0 spiro atoms. The summed E-state index contributed by atoms with van der Waals surface area (Å²) in [5.74, 6) is 0.541. The van der Waals surface area contributed by atoms with Crippen LogP contribution in [0.3, 0.4) is 0 Å². The molecule has 4 heterocycles. The molecule has 0 saturated carbocycles. The van der Waals surface area contributed by atoms with Gasteiger partial charge in [0.1, 0.15) is 5.65 Å². The molecule has 1 fully saturated rings. The van der Waals surface area contributed by atoms with Crippen molar-refractivity contribution in [3.05, 3.63) is 58.2 Å². The molecule has 0 radical (unpaired) electrons. The fourth-order valence-corrected chi connectivity index (χ4v) is 4.60. The average Bonchev–Trinajstić information content (AvgIpc) is 3.35. The highest BCUT2D eigenvalue weighted by Crippen LogP contribution is 2.33. The van der Waals surface area contributed by atoms with Crippen LogP contribution in [0.5, 0.6) is 0 Å². The Morgan fingerprint density at radius 3 is 2.81 bits per heavy atom. The van der Waals surface area contributed by atoms with Crippen LogP contribution in [0.2, 0.25) is 0 Å². The van der Waals surface area contributed by atoms with Gasteiger partial charge in [-0.25, -0.2) is 4.98 Å². The number of rotatable bonds is 4. The molecule has 3 aromatic heterocycles. The lowest BCUT2D eigenvalue weighted by molar-refractivity contribution is -0.129. The van der Waals surface area contributed by atoms with Crippen LogP contribution < -0.4 is 5.32 Å². The fraction of sp³-hybridized carbons (Fsp3) is 0.350. The van der Waals surface area contributed by atoms with Gasteiger partial charge in [-0.1, -0.05) is 0 Å². The molecule has 0 aromatic carbocycles. The molecule has 4 rings (SSSR count). The Morgan fingerprint density at radius 2 is 2.04 bits per heavy atom. The average molecular weight is 382 g/mol. The lowest BCUT2D eigenvalue weighted by Crippen LogP contribution is -2.36. The molecule has 6 nitrogen and oxygen atoms in total. The smallest absolute Gasteiger partial charge is 0.261 e. The second-order valence-corrected chi connectivity index (χ2v) is 8.01. The number of carbonyl (C=O) groups excluding carboxylic acids is 2. The zero-order valence-electron chi connectivity index (χ0n) is 15.2. The van der Waals surface area contributed by atoms with Crippen LogP contribution in [0.25, 0.3) is 5.65 Å². The number of pyridine rings is 1. The Kier molecular flexibility index (Phi) is 4.94. The van der Waals surface area contributed by atoms with Crippen molar-refractivity contribution in [1.29, 1.82) is 0 Å². The van der Waals surface area contributed by atoms with Crippen molar-refractivity contribution in [3.63, 3.8) is 0 Å². The molecule has 0 aliphatic carbocycles. The van der Waals surface area contributed by atoms with Crippen LogP contribution in [0, 0.1) is 0 Å². The third-order valence-electron chi connectivity index (χ3n) is 5.11. The van der Waals surface area contributed by atoms with Gasteiger partial charge in [0.15, 0.2) is 0 Å². The van der Waals surface area contributed by atoms with E-state index < -0.39 is 0 Å². The van der Waals surface area contributed by atoms with E-state index in [0.717, 1.165) is 42.0 Å². The van der Waals surface area contributed by atoms with Gasteiger partial charge in [0.2, 0.25) is 5.91 Å². The highest BCUT2D eigenvalue weighted by atomic mass is 32.1. The number of aromatic nitrogens is 2. The summed E-state index contributed by atoms with van der Waals surface area (Å²) in [6.45, 7) is 3.70. The van der Waals surface area contributed by atoms with Crippen molar-refractivity contribution in [2.45, 2.75) is 32.2 Å². The number of thiophene rings is 1. The first-order valence-corrected chi connectivity index (χ1v) is 9.97. The quantitative estimate of drug-likeness (QED) is 0.754. The van der Waals surface area contributed by atoms with Crippen molar-refractivity contribution in [3.8, 4) is 0 Å². The van der Waals surface area contributed by atoms with Gasteiger partial charge < -0.3 is 14.6 Å². The summed E-state index contributed by atoms with van der Waals surface area (Å²) in [4.78, 5) is 32.1. The van der Waals surface area contributed by atoms with Crippen molar-refractivity contribution in [2.75, 3.05) is 13.1 Å².